The van der Waals surface area contributed by atoms with Crippen LogP contribution in [0, 0.1) is 11.8 Å². The predicted octanol–water partition coefficient (Wildman–Crippen LogP) is 0.394. The SMILES string of the molecule is CC(C)NC(=O)COC(=O)[C@H](C)N1C(=O)[C@H]2CC=CC[C@H]2C1=O. The van der Waals surface area contributed by atoms with E-state index in [4.69, 9.17) is 4.74 Å². The summed E-state index contributed by atoms with van der Waals surface area (Å²) in [4.78, 5) is 49.3. The molecular weight excluding hydrogens is 300 g/mol. The molecule has 0 aromatic rings. The minimum atomic E-state index is -1.02. The Morgan fingerprint density at radius 3 is 2.17 bits per heavy atom. The third-order valence-corrected chi connectivity index (χ3v) is 4.07. The maximum absolute atomic E-state index is 12.4. The Labute approximate surface area is 135 Å². The van der Waals surface area contributed by atoms with Crippen LogP contribution < -0.4 is 5.32 Å². The number of ether oxygens (including phenoxy) is 1. The first-order valence-electron chi connectivity index (χ1n) is 7.80. The number of rotatable bonds is 5. The van der Waals surface area contributed by atoms with Gasteiger partial charge in [0.1, 0.15) is 6.04 Å². The molecule has 1 N–H and O–H groups in total. The highest BCUT2D eigenvalue weighted by Crippen LogP contribution is 2.36. The van der Waals surface area contributed by atoms with Gasteiger partial charge in [-0.3, -0.25) is 19.3 Å². The van der Waals surface area contributed by atoms with Crippen LogP contribution in [0.3, 0.4) is 0 Å². The summed E-state index contributed by atoms with van der Waals surface area (Å²) in [6, 6.07) is -1.08. The van der Waals surface area contributed by atoms with Gasteiger partial charge < -0.3 is 10.1 Å². The molecule has 1 fully saturated rings. The van der Waals surface area contributed by atoms with Gasteiger partial charge in [0.15, 0.2) is 6.61 Å². The normalized spacial score (nSPS) is 24.6. The van der Waals surface area contributed by atoms with Gasteiger partial charge in [-0.1, -0.05) is 12.2 Å². The smallest absolute Gasteiger partial charge is 0.329 e. The first-order valence-corrected chi connectivity index (χ1v) is 7.80. The third-order valence-electron chi connectivity index (χ3n) is 4.07. The molecule has 0 aromatic carbocycles. The summed E-state index contributed by atoms with van der Waals surface area (Å²) in [5.41, 5.74) is 0. The standard InChI is InChI=1S/C16H22N2O5/c1-9(2)17-13(19)8-23-16(22)10(3)18-14(20)11-6-4-5-7-12(11)15(18)21/h4-5,9-12H,6-8H2,1-3H3,(H,17,19)/t10-,11-,12+/m0/s1. The van der Waals surface area contributed by atoms with Gasteiger partial charge in [-0.2, -0.15) is 0 Å². The van der Waals surface area contributed by atoms with E-state index >= 15 is 0 Å². The van der Waals surface area contributed by atoms with Crippen molar-refractivity contribution in [2.75, 3.05) is 6.61 Å². The molecule has 0 saturated carbocycles. The first-order chi connectivity index (χ1) is 10.8. The summed E-state index contributed by atoms with van der Waals surface area (Å²) in [6.07, 6.45) is 4.80. The lowest BCUT2D eigenvalue weighted by Gasteiger charge is -2.21. The molecule has 0 spiro atoms. The van der Waals surface area contributed by atoms with Crippen LogP contribution in [0.5, 0.6) is 0 Å². The van der Waals surface area contributed by atoms with E-state index in [0.29, 0.717) is 12.8 Å². The Kier molecular flexibility index (Phi) is 5.18. The summed E-state index contributed by atoms with van der Waals surface area (Å²) in [5, 5.41) is 2.59. The molecule has 7 nitrogen and oxygen atoms in total. The van der Waals surface area contributed by atoms with Gasteiger partial charge in [0.05, 0.1) is 11.8 Å². The van der Waals surface area contributed by atoms with Crippen LogP contribution in [0.15, 0.2) is 12.2 Å². The number of imide groups is 1. The molecule has 1 aliphatic heterocycles. The van der Waals surface area contributed by atoms with E-state index in [1.165, 1.54) is 6.92 Å². The van der Waals surface area contributed by atoms with Crippen molar-refractivity contribution in [3.05, 3.63) is 12.2 Å². The van der Waals surface area contributed by atoms with Crippen LogP contribution in [-0.4, -0.2) is 47.3 Å². The molecular formula is C16H22N2O5. The first kappa shape index (κ1) is 17.2. The molecule has 126 valence electrons. The highest BCUT2D eigenvalue weighted by molar-refractivity contribution is 6.08. The molecule has 7 heteroatoms. The van der Waals surface area contributed by atoms with Crippen LogP contribution in [0.2, 0.25) is 0 Å². The number of nitrogens with zero attached hydrogens (tertiary/aromatic N) is 1. The molecule has 1 aliphatic carbocycles. The molecule has 2 rings (SSSR count). The quantitative estimate of drug-likeness (QED) is 0.449. The number of nitrogens with one attached hydrogen (secondary N) is 1. The summed E-state index contributed by atoms with van der Waals surface area (Å²) in [5.74, 6) is -2.60. The number of esters is 1. The van der Waals surface area contributed by atoms with Crippen molar-refractivity contribution in [3.8, 4) is 0 Å². The fourth-order valence-electron chi connectivity index (χ4n) is 2.93. The van der Waals surface area contributed by atoms with E-state index < -0.39 is 24.5 Å². The highest BCUT2D eigenvalue weighted by Gasteiger charge is 2.50. The zero-order chi connectivity index (χ0) is 17.1. The van der Waals surface area contributed by atoms with Crippen LogP contribution >= 0.6 is 0 Å². The van der Waals surface area contributed by atoms with Crippen molar-refractivity contribution in [1.82, 2.24) is 10.2 Å². The second-order valence-electron chi connectivity index (χ2n) is 6.21. The van der Waals surface area contributed by atoms with Gasteiger partial charge in [0.25, 0.3) is 5.91 Å². The lowest BCUT2D eigenvalue weighted by molar-refractivity contribution is -0.159. The minimum Gasteiger partial charge on any atom is -0.454 e. The Balaban J connectivity index is 1.96. The minimum absolute atomic E-state index is 0.0593. The van der Waals surface area contributed by atoms with Gasteiger partial charge in [0, 0.05) is 6.04 Å². The number of hydrogen-bond donors (Lipinski definition) is 1. The fraction of sp³-hybridized carbons (Fsp3) is 0.625. The predicted molar refractivity (Wildman–Crippen MR) is 80.9 cm³/mol. The second-order valence-corrected chi connectivity index (χ2v) is 6.21. The summed E-state index contributed by atoms with van der Waals surface area (Å²) >= 11 is 0. The van der Waals surface area contributed by atoms with Crippen molar-refractivity contribution in [1.29, 1.82) is 0 Å². The van der Waals surface area contributed by atoms with Gasteiger partial charge in [-0.15, -0.1) is 0 Å². The number of likely N-dealkylation sites (tertiary alicyclic amines) is 1. The number of fused-ring (bicyclic) bond motifs is 1. The highest BCUT2D eigenvalue weighted by atomic mass is 16.5. The van der Waals surface area contributed by atoms with Crippen molar-refractivity contribution in [2.45, 2.75) is 45.7 Å². The van der Waals surface area contributed by atoms with Crippen LogP contribution in [0.25, 0.3) is 0 Å². The van der Waals surface area contributed by atoms with Crippen LogP contribution in [-0.2, 0) is 23.9 Å². The second kappa shape index (κ2) is 6.93. The number of carbonyl (C=O) groups excluding carboxylic acids is 4. The molecule has 23 heavy (non-hydrogen) atoms. The maximum Gasteiger partial charge on any atom is 0.329 e. The number of carbonyl (C=O) groups is 4. The lowest BCUT2D eigenvalue weighted by atomic mass is 9.85. The lowest BCUT2D eigenvalue weighted by Crippen LogP contribution is -2.45. The average molecular weight is 322 g/mol. The molecule has 0 unspecified atom stereocenters. The van der Waals surface area contributed by atoms with E-state index in [9.17, 15) is 19.2 Å². The molecule has 0 bridgehead atoms. The van der Waals surface area contributed by atoms with Gasteiger partial charge in [-0.25, -0.2) is 4.79 Å². The molecule has 0 aromatic heterocycles. The van der Waals surface area contributed by atoms with Gasteiger partial charge in [0.2, 0.25) is 11.8 Å². The largest absolute Gasteiger partial charge is 0.454 e. The van der Waals surface area contributed by atoms with E-state index in [2.05, 4.69) is 5.32 Å². The topological polar surface area (TPSA) is 92.8 Å². The molecule has 3 amide bonds. The number of allylic oxidation sites excluding steroid dienone is 2. The monoisotopic (exact) mass is 322 g/mol. The van der Waals surface area contributed by atoms with Gasteiger partial charge in [-0.05, 0) is 33.6 Å². The summed E-state index contributed by atoms with van der Waals surface area (Å²) in [7, 11) is 0. The third kappa shape index (κ3) is 3.60. The average Bonchev–Trinajstić information content (AvgIpc) is 2.75. The molecule has 1 heterocycles. The Bertz CT molecular complexity index is 529. The van der Waals surface area contributed by atoms with Crippen molar-refractivity contribution < 1.29 is 23.9 Å². The van der Waals surface area contributed by atoms with E-state index in [0.717, 1.165) is 4.90 Å². The summed E-state index contributed by atoms with van der Waals surface area (Å²) in [6.45, 7) is 4.61. The van der Waals surface area contributed by atoms with Crippen LogP contribution in [0.1, 0.15) is 33.6 Å². The Morgan fingerprint density at radius 1 is 1.17 bits per heavy atom. The van der Waals surface area contributed by atoms with E-state index in [-0.39, 0.29) is 29.7 Å². The number of amides is 3. The summed E-state index contributed by atoms with van der Waals surface area (Å²) < 4.78 is 4.92. The van der Waals surface area contributed by atoms with Crippen LogP contribution in [0.4, 0.5) is 0 Å². The Hall–Kier alpha value is -2.18. The maximum atomic E-state index is 12.4. The van der Waals surface area contributed by atoms with Crippen molar-refractivity contribution in [2.24, 2.45) is 11.8 Å². The molecule has 3 atom stereocenters. The van der Waals surface area contributed by atoms with Gasteiger partial charge >= 0.3 is 5.97 Å². The van der Waals surface area contributed by atoms with Crippen molar-refractivity contribution in [3.63, 3.8) is 0 Å². The van der Waals surface area contributed by atoms with E-state index in [1.54, 1.807) is 13.8 Å². The fourth-order valence-corrected chi connectivity index (χ4v) is 2.93. The van der Waals surface area contributed by atoms with Crippen molar-refractivity contribution >= 4 is 23.7 Å². The zero-order valence-electron chi connectivity index (χ0n) is 13.6. The zero-order valence-corrected chi connectivity index (χ0v) is 13.6. The Morgan fingerprint density at radius 2 is 1.70 bits per heavy atom. The molecule has 0 radical (unpaired) electrons. The molecule has 1 saturated heterocycles. The number of hydrogen-bond acceptors (Lipinski definition) is 5. The van der Waals surface area contributed by atoms with E-state index in [1.807, 2.05) is 12.2 Å². The molecule has 2 aliphatic rings.